The van der Waals surface area contributed by atoms with Crippen molar-refractivity contribution in [1.29, 1.82) is 0 Å². The van der Waals surface area contributed by atoms with E-state index in [-0.39, 0.29) is 0 Å². The van der Waals surface area contributed by atoms with Gasteiger partial charge in [0, 0.05) is 18.7 Å². The van der Waals surface area contributed by atoms with Crippen LogP contribution in [0.15, 0.2) is 24.3 Å². The topological polar surface area (TPSA) is 73.2 Å². The third kappa shape index (κ3) is 2.39. The Hall–Kier alpha value is -2.01. The second-order valence-corrected chi connectivity index (χ2v) is 3.66. The first kappa shape index (κ1) is 11.5. The minimum atomic E-state index is 0.471. The molecule has 1 heterocycles. The standard InChI is InChI=1S/C12H15N3O2/c1-16-7-8-5-9(17-2)3-4-10(8)11-6-12(13)15-14-11/h3-6H,7H2,1-2H3,(H3,13,14,15). The maximum atomic E-state index is 5.60. The summed E-state index contributed by atoms with van der Waals surface area (Å²) in [6.07, 6.45) is 0. The number of H-pyrrole nitrogens is 1. The molecule has 5 nitrogen and oxygen atoms in total. The molecule has 0 saturated carbocycles. The second-order valence-electron chi connectivity index (χ2n) is 3.66. The van der Waals surface area contributed by atoms with Gasteiger partial charge in [-0.1, -0.05) is 0 Å². The van der Waals surface area contributed by atoms with Gasteiger partial charge < -0.3 is 15.2 Å². The SMILES string of the molecule is COCc1cc(OC)ccc1-c1cc(N)n[nH]1. The molecule has 5 heteroatoms. The monoisotopic (exact) mass is 233 g/mol. The molecule has 0 atom stereocenters. The van der Waals surface area contributed by atoms with Crippen molar-refractivity contribution in [1.82, 2.24) is 10.2 Å². The number of nitrogen functional groups attached to an aromatic ring is 1. The third-order valence-corrected chi connectivity index (χ3v) is 2.50. The Labute approximate surface area is 99.5 Å². The van der Waals surface area contributed by atoms with Crippen LogP contribution < -0.4 is 10.5 Å². The largest absolute Gasteiger partial charge is 0.497 e. The molecule has 90 valence electrons. The Morgan fingerprint density at radius 3 is 2.71 bits per heavy atom. The molecule has 0 saturated heterocycles. The lowest BCUT2D eigenvalue weighted by molar-refractivity contribution is 0.185. The van der Waals surface area contributed by atoms with Gasteiger partial charge >= 0.3 is 0 Å². The van der Waals surface area contributed by atoms with Crippen LogP contribution in [0.4, 0.5) is 5.82 Å². The summed E-state index contributed by atoms with van der Waals surface area (Å²) in [7, 11) is 3.30. The van der Waals surface area contributed by atoms with Crippen LogP contribution in [0.5, 0.6) is 5.75 Å². The Morgan fingerprint density at radius 2 is 2.12 bits per heavy atom. The summed E-state index contributed by atoms with van der Waals surface area (Å²) in [6, 6.07) is 7.59. The number of aromatic nitrogens is 2. The van der Waals surface area contributed by atoms with Crippen molar-refractivity contribution in [3.63, 3.8) is 0 Å². The molecular formula is C12H15N3O2. The van der Waals surface area contributed by atoms with Gasteiger partial charge in [0.1, 0.15) is 11.6 Å². The Kier molecular flexibility index (Phi) is 3.30. The molecule has 0 aliphatic heterocycles. The van der Waals surface area contributed by atoms with Crippen LogP contribution in [-0.2, 0) is 11.3 Å². The molecule has 3 N–H and O–H groups in total. The molecule has 0 amide bonds. The zero-order valence-electron chi connectivity index (χ0n) is 9.86. The summed E-state index contributed by atoms with van der Waals surface area (Å²) in [4.78, 5) is 0. The van der Waals surface area contributed by atoms with Gasteiger partial charge in [-0.05, 0) is 23.8 Å². The van der Waals surface area contributed by atoms with E-state index in [2.05, 4.69) is 10.2 Å². The quantitative estimate of drug-likeness (QED) is 0.844. The van der Waals surface area contributed by atoms with Crippen LogP contribution in [0.25, 0.3) is 11.3 Å². The van der Waals surface area contributed by atoms with E-state index in [0.717, 1.165) is 22.6 Å². The van der Waals surface area contributed by atoms with Crippen molar-refractivity contribution in [3.05, 3.63) is 29.8 Å². The van der Waals surface area contributed by atoms with Crippen LogP contribution in [0.1, 0.15) is 5.56 Å². The highest BCUT2D eigenvalue weighted by atomic mass is 16.5. The van der Waals surface area contributed by atoms with E-state index in [1.165, 1.54) is 0 Å². The predicted octanol–water partition coefficient (Wildman–Crippen LogP) is 1.81. The Balaban J connectivity index is 2.45. The molecule has 0 radical (unpaired) electrons. The number of nitrogens with zero attached hydrogens (tertiary/aromatic N) is 1. The van der Waals surface area contributed by atoms with Gasteiger partial charge in [-0.3, -0.25) is 5.10 Å². The van der Waals surface area contributed by atoms with Gasteiger partial charge in [-0.15, -0.1) is 0 Å². The first-order valence-corrected chi connectivity index (χ1v) is 5.21. The molecule has 0 bridgehead atoms. The molecule has 17 heavy (non-hydrogen) atoms. The number of anilines is 1. The van der Waals surface area contributed by atoms with E-state index in [0.29, 0.717) is 12.4 Å². The maximum absolute atomic E-state index is 5.60. The number of hydrogen-bond acceptors (Lipinski definition) is 4. The number of aromatic amines is 1. The number of hydrogen-bond donors (Lipinski definition) is 2. The number of benzene rings is 1. The number of ether oxygens (including phenoxy) is 2. The summed E-state index contributed by atoms with van der Waals surface area (Å²) in [6.45, 7) is 0.505. The zero-order chi connectivity index (χ0) is 12.3. The van der Waals surface area contributed by atoms with Crippen LogP contribution in [0.2, 0.25) is 0 Å². The van der Waals surface area contributed by atoms with Crippen LogP contribution in [0.3, 0.4) is 0 Å². The van der Waals surface area contributed by atoms with Crippen LogP contribution >= 0.6 is 0 Å². The third-order valence-electron chi connectivity index (χ3n) is 2.50. The Morgan fingerprint density at radius 1 is 1.29 bits per heavy atom. The predicted molar refractivity (Wildman–Crippen MR) is 65.7 cm³/mol. The molecule has 0 fully saturated rings. The maximum Gasteiger partial charge on any atom is 0.145 e. The van der Waals surface area contributed by atoms with Gasteiger partial charge in [-0.2, -0.15) is 5.10 Å². The number of nitrogens with two attached hydrogens (primary N) is 1. The van der Waals surface area contributed by atoms with E-state index in [4.69, 9.17) is 15.2 Å². The van der Waals surface area contributed by atoms with Crippen molar-refractivity contribution in [2.45, 2.75) is 6.61 Å². The average Bonchev–Trinajstić information content (AvgIpc) is 2.76. The fourth-order valence-corrected chi connectivity index (χ4v) is 1.71. The van der Waals surface area contributed by atoms with Crippen molar-refractivity contribution < 1.29 is 9.47 Å². The summed E-state index contributed by atoms with van der Waals surface area (Å²) in [5, 5.41) is 6.80. The molecule has 0 spiro atoms. The number of nitrogens with one attached hydrogen (secondary N) is 1. The smallest absolute Gasteiger partial charge is 0.145 e. The van der Waals surface area contributed by atoms with E-state index in [9.17, 15) is 0 Å². The molecular weight excluding hydrogens is 218 g/mol. The summed E-state index contributed by atoms with van der Waals surface area (Å²) >= 11 is 0. The molecule has 2 rings (SSSR count). The van der Waals surface area contributed by atoms with E-state index in [1.54, 1.807) is 20.3 Å². The normalized spacial score (nSPS) is 10.5. The van der Waals surface area contributed by atoms with Crippen molar-refractivity contribution >= 4 is 5.82 Å². The van der Waals surface area contributed by atoms with Crippen molar-refractivity contribution in [3.8, 4) is 17.0 Å². The summed E-state index contributed by atoms with van der Waals surface area (Å²) in [5.74, 6) is 1.27. The number of rotatable bonds is 4. The van der Waals surface area contributed by atoms with Crippen LogP contribution in [-0.4, -0.2) is 24.4 Å². The summed E-state index contributed by atoms with van der Waals surface area (Å²) in [5.41, 5.74) is 8.50. The van der Waals surface area contributed by atoms with Crippen LogP contribution in [0, 0.1) is 0 Å². The molecule has 2 aromatic rings. The van der Waals surface area contributed by atoms with Gasteiger partial charge in [0.05, 0.1) is 19.4 Å². The van der Waals surface area contributed by atoms with E-state index in [1.807, 2.05) is 18.2 Å². The second kappa shape index (κ2) is 4.88. The molecule has 0 unspecified atom stereocenters. The molecule has 0 aliphatic rings. The van der Waals surface area contributed by atoms with Gasteiger partial charge in [0.2, 0.25) is 0 Å². The fourth-order valence-electron chi connectivity index (χ4n) is 1.71. The highest BCUT2D eigenvalue weighted by Gasteiger charge is 2.09. The molecule has 0 aliphatic carbocycles. The van der Waals surface area contributed by atoms with Gasteiger partial charge in [0.25, 0.3) is 0 Å². The lowest BCUT2D eigenvalue weighted by Gasteiger charge is -2.09. The van der Waals surface area contributed by atoms with E-state index >= 15 is 0 Å². The highest BCUT2D eigenvalue weighted by molar-refractivity contribution is 5.66. The Bertz CT molecular complexity index is 508. The first-order valence-electron chi connectivity index (χ1n) is 5.21. The number of methoxy groups -OCH3 is 2. The van der Waals surface area contributed by atoms with Gasteiger partial charge in [0.15, 0.2) is 0 Å². The summed E-state index contributed by atoms with van der Waals surface area (Å²) < 4.78 is 10.4. The minimum Gasteiger partial charge on any atom is -0.497 e. The lowest BCUT2D eigenvalue weighted by Crippen LogP contribution is -1.94. The van der Waals surface area contributed by atoms with Gasteiger partial charge in [-0.25, -0.2) is 0 Å². The first-order chi connectivity index (χ1) is 8.24. The van der Waals surface area contributed by atoms with Crippen molar-refractivity contribution in [2.75, 3.05) is 20.0 Å². The fraction of sp³-hybridized carbons (Fsp3) is 0.250. The molecule has 1 aromatic heterocycles. The lowest BCUT2D eigenvalue weighted by atomic mass is 10.0. The average molecular weight is 233 g/mol. The minimum absolute atomic E-state index is 0.471. The van der Waals surface area contributed by atoms with E-state index < -0.39 is 0 Å². The van der Waals surface area contributed by atoms with Crippen molar-refractivity contribution in [2.24, 2.45) is 0 Å². The highest BCUT2D eigenvalue weighted by Crippen LogP contribution is 2.27. The molecule has 1 aromatic carbocycles. The zero-order valence-corrected chi connectivity index (χ0v) is 9.86.